The Morgan fingerprint density at radius 1 is 0.933 bits per heavy atom. The van der Waals surface area contributed by atoms with Gasteiger partial charge in [0.15, 0.2) is 11.6 Å². The lowest BCUT2D eigenvalue weighted by atomic mass is 10.1. The summed E-state index contributed by atoms with van der Waals surface area (Å²) in [5, 5.41) is 12.5. The maximum absolute atomic E-state index is 13.8. The normalized spacial score (nSPS) is 10.4. The molecule has 9 heteroatoms. The Labute approximate surface area is 179 Å². The van der Waals surface area contributed by atoms with Crippen LogP contribution in [0.2, 0.25) is 0 Å². The minimum absolute atomic E-state index is 0.194. The van der Waals surface area contributed by atoms with Gasteiger partial charge in [-0.3, -0.25) is 9.59 Å². The second kappa shape index (κ2) is 8.91. The molecule has 30 heavy (non-hydrogen) atoms. The van der Waals surface area contributed by atoms with Crippen molar-refractivity contribution in [3.05, 3.63) is 87.5 Å². The van der Waals surface area contributed by atoms with Crippen molar-refractivity contribution in [1.29, 1.82) is 5.41 Å². The third-order valence-corrected chi connectivity index (χ3v) is 4.57. The second-order valence-electron chi connectivity index (χ2n) is 6.28. The van der Waals surface area contributed by atoms with Gasteiger partial charge in [-0.25, -0.2) is 13.8 Å². The summed E-state index contributed by atoms with van der Waals surface area (Å²) in [6, 6.07) is 10.8. The molecule has 0 aliphatic carbocycles. The van der Waals surface area contributed by atoms with Crippen molar-refractivity contribution < 1.29 is 18.4 Å². The molecule has 0 saturated carbocycles. The Hall–Kier alpha value is -3.46. The highest BCUT2D eigenvalue weighted by molar-refractivity contribution is 9.10. The summed E-state index contributed by atoms with van der Waals surface area (Å²) >= 11 is 3.22. The Morgan fingerprint density at radius 2 is 1.57 bits per heavy atom. The number of halogens is 3. The maximum Gasteiger partial charge on any atom is 0.259 e. The van der Waals surface area contributed by atoms with E-state index in [-0.39, 0.29) is 22.6 Å². The van der Waals surface area contributed by atoms with Gasteiger partial charge in [-0.2, -0.15) is 0 Å². The molecule has 0 atom stereocenters. The van der Waals surface area contributed by atoms with E-state index in [1.54, 1.807) is 25.1 Å². The fourth-order valence-corrected chi connectivity index (χ4v) is 2.77. The van der Waals surface area contributed by atoms with E-state index < -0.39 is 23.4 Å². The van der Waals surface area contributed by atoms with Crippen LogP contribution in [0.4, 0.5) is 20.3 Å². The highest BCUT2D eigenvalue weighted by Gasteiger charge is 2.19. The van der Waals surface area contributed by atoms with Gasteiger partial charge in [-0.15, -0.1) is 0 Å². The largest absolute Gasteiger partial charge is 0.321 e. The number of hydrogen-bond acceptors (Lipinski definition) is 4. The fourth-order valence-electron chi connectivity index (χ4n) is 2.54. The van der Waals surface area contributed by atoms with Gasteiger partial charge in [0.2, 0.25) is 0 Å². The van der Waals surface area contributed by atoms with Crippen molar-refractivity contribution in [3.63, 3.8) is 0 Å². The number of nitrogens with one attached hydrogen (secondary N) is 3. The van der Waals surface area contributed by atoms with Crippen molar-refractivity contribution in [1.82, 2.24) is 4.98 Å². The van der Waals surface area contributed by atoms with Gasteiger partial charge in [0.05, 0.1) is 11.3 Å². The monoisotopic (exact) mass is 472 g/mol. The number of aromatic nitrogens is 1. The third kappa shape index (κ3) is 4.93. The molecule has 0 spiro atoms. The Morgan fingerprint density at radius 3 is 2.17 bits per heavy atom. The van der Waals surface area contributed by atoms with E-state index in [0.29, 0.717) is 21.8 Å². The van der Waals surface area contributed by atoms with E-state index in [1.165, 1.54) is 24.4 Å². The number of nitrogens with zero attached hydrogens (tertiary/aromatic N) is 1. The Kier molecular flexibility index (Phi) is 6.31. The number of rotatable bonds is 5. The molecule has 1 heterocycles. The molecule has 6 nitrogen and oxygen atoms in total. The zero-order chi connectivity index (χ0) is 21.8. The van der Waals surface area contributed by atoms with Crippen LogP contribution in [0.25, 0.3) is 0 Å². The van der Waals surface area contributed by atoms with Crippen molar-refractivity contribution >= 4 is 45.0 Å². The van der Waals surface area contributed by atoms with Gasteiger partial charge in [0.25, 0.3) is 11.8 Å². The number of carbonyl (C=O) groups is 2. The van der Waals surface area contributed by atoms with Gasteiger partial charge < -0.3 is 16.0 Å². The molecule has 0 radical (unpaired) electrons. The summed E-state index contributed by atoms with van der Waals surface area (Å²) in [5.41, 5.74) is 0.745. The van der Waals surface area contributed by atoms with Crippen LogP contribution in [0.5, 0.6) is 0 Å². The first-order chi connectivity index (χ1) is 14.2. The molecule has 0 saturated heterocycles. The summed E-state index contributed by atoms with van der Waals surface area (Å²) < 4.78 is 28.3. The van der Waals surface area contributed by atoms with Crippen molar-refractivity contribution in [2.24, 2.45) is 0 Å². The molecular formula is C21H15BrF2N4O2. The first kappa shape index (κ1) is 21.3. The van der Waals surface area contributed by atoms with Crippen LogP contribution in [0.1, 0.15) is 33.2 Å². The second-order valence-corrected chi connectivity index (χ2v) is 7.20. The lowest BCUT2D eigenvalue weighted by Crippen LogP contribution is -2.19. The molecule has 0 unspecified atom stereocenters. The zero-order valence-corrected chi connectivity index (χ0v) is 17.2. The van der Waals surface area contributed by atoms with Gasteiger partial charge in [0.1, 0.15) is 5.82 Å². The summed E-state index contributed by atoms with van der Waals surface area (Å²) in [6.45, 7) is 1.61. The van der Waals surface area contributed by atoms with Crippen molar-refractivity contribution in [3.8, 4) is 0 Å². The van der Waals surface area contributed by atoms with Gasteiger partial charge in [0, 0.05) is 28.0 Å². The minimum atomic E-state index is -1.23. The van der Waals surface area contributed by atoms with Gasteiger partial charge in [-0.1, -0.05) is 12.1 Å². The van der Waals surface area contributed by atoms with Crippen molar-refractivity contribution in [2.75, 3.05) is 10.6 Å². The smallest absolute Gasteiger partial charge is 0.259 e. The van der Waals surface area contributed by atoms with Crippen molar-refractivity contribution in [2.45, 2.75) is 6.92 Å². The van der Waals surface area contributed by atoms with Crippen LogP contribution in [0.15, 0.2) is 59.2 Å². The lowest BCUT2D eigenvalue weighted by molar-refractivity contribution is 0.102. The molecule has 0 bridgehead atoms. The molecule has 1 aromatic heterocycles. The zero-order valence-electron chi connectivity index (χ0n) is 15.6. The SMILES string of the molecule is CC(=N)c1ccc(C(=O)Nc2cc(F)c(F)cc2C(=O)Nc2ccc(Br)cn2)cc1. The maximum atomic E-state index is 13.8. The van der Waals surface area contributed by atoms with E-state index in [4.69, 9.17) is 5.41 Å². The van der Waals surface area contributed by atoms with E-state index in [9.17, 15) is 18.4 Å². The van der Waals surface area contributed by atoms with Crippen LogP contribution in [-0.4, -0.2) is 22.5 Å². The highest BCUT2D eigenvalue weighted by atomic mass is 79.9. The van der Waals surface area contributed by atoms with E-state index in [0.717, 1.165) is 6.07 Å². The number of hydrogen-bond donors (Lipinski definition) is 3. The molecule has 3 aromatic rings. The summed E-state index contributed by atoms with van der Waals surface area (Å²) in [5.74, 6) is -3.63. The molecule has 152 valence electrons. The quantitative estimate of drug-likeness (QED) is 0.455. The summed E-state index contributed by atoms with van der Waals surface area (Å²) in [4.78, 5) is 29.1. The average Bonchev–Trinajstić information content (AvgIpc) is 2.72. The van der Waals surface area contributed by atoms with E-state index >= 15 is 0 Å². The molecular weight excluding hydrogens is 458 g/mol. The molecule has 2 aromatic carbocycles. The van der Waals surface area contributed by atoms with E-state index in [2.05, 4.69) is 31.5 Å². The number of anilines is 2. The minimum Gasteiger partial charge on any atom is -0.321 e. The van der Waals surface area contributed by atoms with E-state index in [1.807, 2.05) is 0 Å². The number of pyridine rings is 1. The summed E-state index contributed by atoms with van der Waals surface area (Å²) in [6.07, 6.45) is 1.46. The number of amides is 2. The number of carbonyl (C=O) groups excluding carboxylic acids is 2. The van der Waals surface area contributed by atoms with Crippen LogP contribution >= 0.6 is 15.9 Å². The summed E-state index contributed by atoms with van der Waals surface area (Å²) in [7, 11) is 0. The molecule has 0 aliphatic heterocycles. The molecule has 2 amide bonds. The van der Waals surface area contributed by atoms with Gasteiger partial charge in [-0.05, 0) is 58.7 Å². The van der Waals surface area contributed by atoms with Crippen LogP contribution in [0, 0.1) is 17.0 Å². The van der Waals surface area contributed by atoms with Gasteiger partial charge >= 0.3 is 0 Å². The van der Waals surface area contributed by atoms with Crippen LogP contribution in [-0.2, 0) is 0 Å². The van der Waals surface area contributed by atoms with Crippen LogP contribution < -0.4 is 10.6 Å². The Balaban J connectivity index is 1.87. The molecule has 3 rings (SSSR count). The molecule has 0 aliphatic rings. The topological polar surface area (TPSA) is 94.9 Å². The molecule has 0 fully saturated rings. The average molecular weight is 473 g/mol. The predicted molar refractivity (Wildman–Crippen MR) is 113 cm³/mol. The Bertz CT molecular complexity index is 1130. The predicted octanol–water partition coefficient (Wildman–Crippen LogP) is 5.01. The van der Waals surface area contributed by atoms with Crippen LogP contribution in [0.3, 0.4) is 0 Å². The standard InChI is InChI=1S/C21H15BrF2N4O2/c1-11(25)12-2-4-13(5-3-12)20(29)27-18-9-17(24)16(23)8-15(18)21(30)28-19-7-6-14(22)10-26-19/h2-10,25H,1H3,(H,27,29)(H,26,28,30). The first-order valence-electron chi connectivity index (χ1n) is 8.63. The fraction of sp³-hybridized carbons (Fsp3) is 0.0476. The highest BCUT2D eigenvalue weighted by Crippen LogP contribution is 2.23. The number of benzene rings is 2. The third-order valence-electron chi connectivity index (χ3n) is 4.10. The lowest BCUT2D eigenvalue weighted by Gasteiger charge is -2.12. The first-order valence-corrected chi connectivity index (χ1v) is 9.43. The molecule has 3 N–H and O–H groups in total.